The zero-order valence-electron chi connectivity index (χ0n) is 10.2. The first kappa shape index (κ1) is 10.3. The molecule has 2 heteroatoms. The first-order valence-electron chi connectivity index (χ1n) is 6.23. The molecule has 0 radical (unpaired) electrons. The molecule has 16 heavy (non-hydrogen) atoms. The number of fused-ring (bicyclic) bond motifs is 3. The van der Waals surface area contributed by atoms with Crippen LogP contribution in [-0.4, -0.2) is 31.1 Å². The number of nitrogens with one attached hydrogen (secondary N) is 1. The molecule has 0 aliphatic carbocycles. The minimum atomic E-state index is 0.296. The van der Waals surface area contributed by atoms with E-state index in [0.717, 1.165) is 13.1 Å². The molecule has 2 aliphatic rings. The molecule has 2 nitrogen and oxygen atoms in total. The highest BCUT2D eigenvalue weighted by atomic mass is 15.2. The van der Waals surface area contributed by atoms with Crippen molar-refractivity contribution in [2.45, 2.75) is 25.3 Å². The Morgan fingerprint density at radius 3 is 3.00 bits per heavy atom. The molecule has 0 saturated carbocycles. The molecule has 0 aromatic heterocycles. The summed E-state index contributed by atoms with van der Waals surface area (Å²) in [6.07, 6.45) is 0. The van der Waals surface area contributed by atoms with Gasteiger partial charge in [-0.05, 0) is 11.1 Å². The average Bonchev–Trinajstić information content (AvgIpc) is 2.29. The fourth-order valence-electron chi connectivity index (χ4n) is 3.24. The first-order chi connectivity index (χ1) is 7.68. The summed E-state index contributed by atoms with van der Waals surface area (Å²) in [5.74, 6) is 0. The maximum absolute atomic E-state index is 3.51. The molecule has 1 aromatic rings. The summed E-state index contributed by atoms with van der Waals surface area (Å²) in [5, 5.41) is 3.51. The molecule has 1 saturated heterocycles. The molecule has 1 atom stereocenters. The lowest BCUT2D eigenvalue weighted by molar-refractivity contribution is 0.114. The zero-order chi connectivity index (χ0) is 11.2. The van der Waals surface area contributed by atoms with Gasteiger partial charge >= 0.3 is 0 Å². The summed E-state index contributed by atoms with van der Waals surface area (Å²) < 4.78 is 0. The Kier molecular flexibility index (Phi) is 2.30. The summed E-state index contributed by atoms with van der Waals surface area (Å²) in [6, 6.07) is 9.56. The fraction of sp³-hybridized carbons (Fsp3) is 0.571. The van der Waals surface area contributed by atoms with Crippen molar-refractivity contribution >= 4 is 0 Å². The Hall–Kier alpha value is -0.860. The van der Waals surface area contributed by atoms with Crippen LogP contribution in [0.3, 0.4) is 0 Å². The van der Waals surface area contributed by atoms with E-state index in [-0.39, 0.29) is 0 Å². The van der Waals surface area contributed by atoms with Gasteiger partial charge in [0.1, 0.15) is 0 Å². The highest BCUT2D eigenvalue weighted by Crippen LogP contribution is 2.39. The van der Waals surface area contributed by atoms with E-state index in [1.165, 1.54) is 18.7 Å². The van der Waals surface area contributed by atoms with Gasteiger partial charge in [-0.3, -0.25) is 4.90 Å². The van der Waals surface area contributed by atoms with E-state index in [1.807, 2.05) is 0 Å². The molecule has 3 rings (SSSR count). The van der Waals surface area contributed by atoms with Crippen molar-refractivity contribution in [1.82, 2.24) is 10.2 Å². The standard InChI is InChI=1S/C14H20N2/c1-14(2)10-16-8-7-15-9-13(16)11-5-3-4-6-12(11)14/h3-6,13,15H,7-10H2,1-2H3/t13-/m1/s1. The summed E-state index contributed by atoms with van der Waals surface area (Å²) in [7, 11) is 0. The highest BCUT2D eigenvalue weighted by Gasteiger charge is 2.38. The molecule has 86 valence electrons. The first-order valence-corrected chi connectivity index (χ1v) is 6.23. The lowest BCUT2D eigenvalue weighted by Gasteiger charge is -2.47. The van der Waals surface area contributed by atoms with Crippen molar-refractivity contribution < 1.29 is 0 Å². The van der Waals surface area contributed by atoms with Crippen molar-refractivity contribution in [2.24, 2.45) is 0 Å². The van der Waals surface area contributed by atoms with E-state index < -0.39 is 0 Å². The van der Waals surface area contributed by atoms with Gasteiger partial charge in [0.15, 0.2) is 0 Å². The van der Waals surface area contributed by atoms with Crippen molar-refractivity contribution in [3.63, 3.8) is 0 Å². The van der Waals surface area contributed by atoms with Crippen LogP contribution in [0, 0.1) is 0 Å². The van der Waals surface area contributed by atoms with Gasteiger partial charge in [-0.25, -0.2) is 0 Å². The lowest BCUT2D eigenvalue weighted by atomic mass is 9.75. The molecule has 1 aromatic carbocycles. The predicted octanol–water partition coefficient (Wildman–Crippen LogP) is 1.92. The largest absolute Gasteiger partial charge is 0.314 e. The second-order valence-corrected chi connectivity index (χ2v) is 5.66. The molecular weight excluding hydrogens is 196 g/mol. The molecule has 2 heterocycles. The molecule has 0 spiro atoms. The van der Waals surface area contributed by atoms with E-state index in [1.54, 1.807) is 5.56 Å². The van der Waals surface area contributed by atoms with Crippen molar-refractivity contribution in [2.75, 3.05) is 26.2 Å². The van der Waals surface area contributed by atoms with Gasteiger partial charge in [-0.1, -0.05) is 38.1 Å². The molecule has 0 bridgehead atoms. The van der Waals surface area contributed by atoms with E-state index in [0.29, 0.717) is 11.5 Å². The smallest absolute Gasteiger partial charge is 0.0476 e. The predicted molar refractivity (Wildman–Crippen MR) is 66.7 cm³/mol. The molecule has 0 amide bonds. The van der Waals surface area contributed by atoms with Crippen LogP contribution in [0.5, 0.6) is 0 Å². The number of nitrogens with zero attached hydrogens (tertiary/aromatic N) is 1. The Labute approximate surface area is 97.6 Å². The van der Waals surface area contributed by atoms with Crippen LogP contribution in [0.1, 0.15) is 31.0 Å². The van der Waals surface area contributed by atoms with Crippen LogP contribution in [0.25, 0.3) is 0 Å². The summed E-state index contributed by atoms with van der Waals surface area (Å²) in [6.45, 7) is 9.34. The fourth-order valence-corrected chi connectivity index (χ4v) is 3.24. The SMILES string of the molecule is CC1(C)CN2CCNC[C@@H]2c2ccccc21. The Morgan fingerprint density at radius 2 is 2.12 bits per heavy atom. The molecule has 2 aliphatic heterocycles. The minimum Gasteiger partial charge on any atom is -0.314 e. The Bertz CT molecular complexity index is 397. The third-order valence-corrected chi connectivity index (χ3v) is 4.00. The van der Waals surface area contributed by atoms with Crippen molar-refractivity contribution in [1.29, 1.82) is 0 Å². The van der Waals surface area contributed by atoms with Gasteiger partial charge in [-0.15, -0.1) is 0 Å². The highest BCUT2D eigenvalue weighted by molar-refractivity contribution is 5.39. The molecule has 0 unspecified atom stereocenters. The maximum atomic E-state index is 3.51. The van der Waals surface area contributed by atoms with Crippen LogP contribution in [0.4, 0.5) is 0 Å². The Balaban J connectivity index is 2.09. The third kappa shape index (κ3) is 1.48. The monoisotopic (exact) mass is 216 g/mol. The molecule has 1 N–H and O–H groups in total. The number of rotatable bonds is 0. The molecular formula is C14H20N2. The van der Waals surface area contributed by atoms with E-state index >= 15 is 0 Å². The van der Waals surface area contributed by atoms with Gasteiger partial charge in [0.25, 0.3) is 0 Å². The van der Waals surface area contributed by atoms with Gasteiger partial charge in [0, 0.05) is 37.6 Å². The average molecular weight is 216 g/mol. The third-order valence-electron chi connectivity index (χ3n) is 4.00. The quantitative estimate of drug-likeness (QED) is 0.713. The van der Waals surface area contributed by atoms with Crippen LogP contribution in [0.15, 0.2) is 24.3 Å². The number of hydrogen-bond acceptors (Lipinski definition) is 2. The summed E-state index contributed by atoms with van der Waals surface area (Å²) in [4.78, 5) is 2.64. The Morgan fingerprint density at radius 1 is 1.31 bits per heavy atom. The van der Waals surface area contributed by atoms with Crippen molar-refractivity contribution in [3.05, 3.63) is 35.4 Å². The summed E-state index contributed by atoms with van der Waals surface area (Å²) >= 11 is 0. The maximum Gasteiger partial charge on any atom is 0.0476 e. The van der Waals surface area contributed by atoms with Crippen LogP contribution in [-0.2, 0) is 5.41 Å². The molecule has 1 fully saturated rings. The van der Waals surface area contributed by atoms with E-state index in [2.05, 4.69) is 48.3 Å². The van der Waals surface area contributed by atoms with Gasteiger partial charge in [0.2, 0.25) is 0 Å². The van der Waals surface area contributed by atoms with E-state index in [9.17, 15) is 0 Å². The number of benzene rings is 1. The van der Waals surface area contributed by atoms with Gasteiger partial charge < -0.3 is 5.32 Å². The van der Waals surface area contributed by atoms with E-state index in [4.69, 9.17) is 0 Å². The second kappa shape index (κ2) is 3.57. The van der Waals surface area contributed by atoms with Gasteiger partial charge in [-0.2, -0.15) is 0 Å². The zero-order valence-corrected chi connectivity index (χ0v) is 10.2. The number of piperazine rings is 1. The normalized spacial score (nSPS) is 28.2. The van der Waals surface area contributed by atoms with Crippen LogP contribution >= 0.6 is 0 Å². The van der Waals surface area contributed by atoms with Crippen LogP contribution < -0.4 is 5.32 Å². The topological polar surface area (TPSA) is 15.3 Å². The minimum absolute atomic E-state index is 0.296. The number of hydrogen-bond donors (Lipinski definition) is 1. The van der Waals surface area contributed by atoms with Crippen molar-refractivity contribution in [3.8, 4) is 0 Å². The van der Waals surface area contributed by atoms with Gasteiger partial charge in [0.05, 0.1) is 0 Å². The van der Waals surface area contributed by atoms with Crippen LogP contribution in [0.2, 0.25) is 0 Å². The second-order valence-electron chi connectivity index (χ2n) is 5.66. The lowest BCUT2D eigenvalue weighted by Crippen LogP contribution is -2.53. The summed E-state index contributed by atoms with van der Waals surface area (Å²) in [5.41, 5.74) is 3.37.